The number of anilines is 1. The van der Waals surface area contributed by atoms with Crippen LogP contribution in [0, 0.1) is 0 Å². The van der Waals surface area contributed by atoms with Crippen molar-refractivity contribution in [2.45, 2.75) is 6.42 Å². The maximum atomic E-state index is 5.41. The summed E-state index contributed by atoms with van der Waals surface area (Å²) in [4.78, 5) is 9.69. The maximum absolute atomic E-state index is 5.41. The van der Waals surface area contributed by atoms with Gasteiger partial charge in [-0.25, -0.2) is 9.97 Å². The van der Waals surface area contributed by atoms with Crippen LogP contribution in [0.4, 0.5) is 5.95 Å². The van der Waals surface area contributed by atoms with Crippen molar-refractivity contribution in [3.63, 3.8) is 0 Å². The highest BCUT2D eigenvalue weighted by molar-refractivity contribution is 9.11. The van der Waals surface area contributed by atoms with Crippen molar-refractivity contribution in [3.05, 3.63) is 28.3 Å². The molecule has 2 aromatic heterocycles. The van der Waals surface area contributed by atoms with E-state index in [2.05, 4.69) is 37.3 Å². The van der Waals surface area contributed by atoms with E-state index in [0.29, 0.717) is 12.5 Å². The van der Waals surface area contributed by atoms with Gasteiger partial charge in [-0.3, -0.25) is 0 Å². The summed E-state index contributed by atoms with van der Waals surface area (Å²) in [5.41, 5.74) is 6.44. The molecule has 90 valence electrons. The van der Waals surface area contributed by atoms with E-state index in [9.17, 15) is 0 Å². The van der Waals surface area contributed by atoms with Crippen molar-refractivity contribution in [3.8, 4) is 10.4 Å². The van der Waals surface area contributed by atoms with Crippen LogP contribution < -0.4 is 11.1 Å². The van der Waals surface area contributed by atoms with Gasteiger partial charge in [-0.1, -0.05) is 0 Å². The molecule has 0 aromatic carbocycles. The topological polar surface area (TPSA) is 63.8 Å². The third-order valence-electron chi connectivity index (χ3n) is 2.17. The lowest BCUT2D eigenvalue weighted by Gasteiger charge is -2.03. The van der Waals surface area contributed by atoms with Crippen LogP contribution in [0.1, 0.15) is 6.42 Å². The minimum Gasteiger partial charge on any atom is -0.354 e. The molecule has 0 spiro atoms. The number of hydrogen-bond acceptors (Lipinski definition) is 5. The van der Waals surface area contributed by atoms with Gasteiger partial charge in [0.15, 0.2) is 0 Å². The van der Waals surface area contributed by atoms with Gasteiger partial charge in [0.25, 0.3) is 0 Å². The van der Waals surface area contributed by atoms with Crippen LogP contribution in [0.15, 0.2) is 28.3 Å². The third kappa shape index (κ3) is 3.49. The van der Waals surface area contributed by atoms with Gasteiger partial charge in [-0.15, -0.1) is 11.3 Å². The fourth-order valence-electron chi connectivity index (χ4n) is 1.32. The zero-order valence-corrected chi connectivity index (χ0v) is 11.6. The fourth-order valence-corrected chi connectivity index (χ4v) is 2.68. The Morgan fingerprint density at radius 3 is 2.65 bits per heavy atom. The average molecular weight is 313 g/mol. The first-order chi connectivity index (χ1) is 8.29. The van der Waals surface area contributed by atoms with Gasteiger partial charge in [0.2, 0.25) is 5.95 Å². The minimum absolute atomic E-state index is 0.651. The molecule has 0 fully saturated rings. The Balaban J connectivity index is 2.02. The van der Waals surface area contributed by atoms with Crippen molar-refractivity contribution in [2.75, 3.05) is 18.4 Å². The Morgan fingerprint density at radius 1 is 1.29 bits per heavy atom. The molecular formula is C11H13BrN4S. The van der Waals surface area contributed by atoms with Crippen LogP contribution in [0.25, 0.3) is 10.4 Å². The summed E-state index contributed by atoms with van der Waals surface area (Å²) in [6.45, 7) is 1.48. The van der Waals surface area contributed by atoms with Crippen LogP contribution >= 0.6 is 27.3 Å². The molecular weight excluding hydrogens is 300 g/mol. The predicted octanol–water partition coefficient (Wildman–Crippen LogP) is 2.73. The summed E-state index contributed by atoms with van der Waals surface area (Å²) in [5.74, 6) is 0.651. The molecule has 2 heterocycles. The van der Waals surface area contributed by atoms with Gasteiger partial charge in [0.1, 0.15) is 0 Å². The number of halogens is 1. The highest BCUT2D eigenvalue weighted by atomic mass is 79.9. The molecule has 0 saturated carbocycles. The second-order valence-electron chi connectivity index (χ2n) is 3.47. The fraction of sp³-hybridized carbons (Fsp3) is 0.273. The molecule has 0 aliphatic heterocycles. The van der Waals surface area contributed by atoms with Crippen LogP contribution in [0.3, 0.4) is 0 Å². The van der Waals surface area contributed by atoms with Gasteiger partial charge in [0, 0.05) is 29.4 Å². The Bertz CT molecular complexity index is 469. The van der Waals surface area contributed by atoms with E-state index < -0.39 is 0 Å². The lowest BCUT2D eigenvalue weighted by atomic mass is 10.3. The monoisotopic (exact) mass is 312 g/mol. The maximum Gasteiger partial charge on any atom is 0.222 e. The molecule has 0 bridgehead atoms. The summed E-state index contributed by atoms with van der Waals surface area (Å²) in [6.07, 6.45) is 4.58. The summed E-state index contributed by atoms with van der Waals surface area (Å²) in [6, 6.07) is 4.07. The predicted molar refractivity (Wildman–Crippen MR) is 75.2 cm³/mol. The zero-order valence-electron chi connectivity index (χ0n) is 9.19. The first-order valence-corrected chi connectivity index (χ1v) is 6.92. The number of thiophene rings is 1. The molecule has 6 heteroatoms. The van der Waals surface area contributed by atoms with Gasteiger partial charge in [-0.2, -0.15) is 0 Å². The molecule has 2 rings (SSSR count). The molecule has 3 N–H and O–H groups in total. The number of nitrogens with one attached hydrogen (secondary N) is 1. The number of nitrogens with two attached hydrogens (primary N) is 1. The Hall–Kier alpha value is -0.980. The van der Waals surface area contributed by atoms with Crippen LogP contribution in [0.5, 0.6) is 0 Å². The van der Waals surface area contributed by atoms with Gasteiger partial charge in [0.05, 0.1) is 3.79 Å². The van der Waals surface area contributed by atoms with E-state index in [1.807, 2.05) is 18.5 Å². The summed E-state index contributed by atoms with van der Waals surface area (Å²) < 4.78 is 1.11. The standard InChI is InChI=1S/C11H13BrN4S/c12-10-3-2-9(17-10)8-6-15-11(16-7-8)14-5-1-4-13/h2-3,6-7H,1,4-5,13H2,(H,14,15,16). The van der Waals surface area contributed by atoms with Crippen LogP contribution in [-0.4, -0.2) is 23.1 Å². The number of aromatic nitrogens is 2. The first kappa shape index (κ1) is 12.5. The Kier molecular flexibility index (Phi) is 4.47. The molecule has 0 aliphatic rings. The van der Waals surface area contributed by atoms with Crippen molar-refractivity contribution in [1.29, 1.82) is 0 Å². The summed E-state index contributed by atoms with van der Waals surface area (Å²) >= 11 is 5.11. The second-order valence-corrected chi connectivity index (χ2v) is 5.93. The highest BCUT2D eigenvalue weighted by Gasteiger charge is 2.02. The zero-order chi connectivity index (χ0) is 12.1. The Labute approximate surface area is 112 Å². The smallest absolute Gasteiger partial charge is 0.222 e. The molecule has 0 atom stereocenters. The van der Waals surface area contributed by atoms with Crippen LogP contribution in [-0.2, 0) is 0 Å². The van der Waals surface area contributed by atoms with E-state index in [0.717, 1.165) is 27.2 Å². The summed E-state index contributed by atoms with van der Waals surface area (Å²) in [5, 5.41) is 3.12. The van der Waals surface area contributed by atoms with E-state index in [1.165, 1.54) is 0 Å². The van der Waals surface area contributed by atoms with E-state index in [-0.39, 0.29) is 0 Å². The number of rotatable bonds is 5. The first-order valence-electron chi connectivity index (χ1n) is 5.31. The molecule has 17 heavy (non-hydrogen) atoms. The van der Waals surface area contributed by atoms with Crippen molar-refractivity contribution >= 4 is 33.2 Å². The molecule has 0 radical (unpaired) electrons. The lowest BCUT2D eigenvalue weighted by molar-refractivity contribution is 0.864. The minimum atomic E-state index is 0.651. The molecule has 0 unspecified atom stereocenters. The van der Waals surface area contributed by atoms with Crippen LogP contribution in [0.2, 0.25) is 0 Å². The van der Waals surface area contributed by atoms with Crippen molar-refractivity contribution in [2.24, 2.45) is 5.73 Å². The molecule has 2 aromatic rings. The van der Waals surface area contributed by atoms with Gasteiger partial charge < -0.3 is 11.1 Å². The average Bonchev–Trinajstić information content (AvgIpc) is 2.77. The van der Waals surface area contributed by atoms with Gasteiger partial charge in [-0.05, 0) is 41.0 Å². The quantitative estimate of drug-likeness (QED) is 0.833. The lowest BCUT2D eigenvalue weighted by Crippen LogP contribution is -2.10. The highest BCUT2D eigenvalue weighted by Crippen LogP contribution is 2.30. The van der Waals surface area contributed by atoms with Gasteiger partial charge >= 0.3 is 0 Å². The van der Waals surface area contributed by atoms with Crippen molar-refractivity contribution < 1.29 is 0 Å². The Morgan fingerprint density at radius 2 is 2.06 bits per heavy atom. The molecule has 0 amide bonds. The van der Waals surface area contributed by atoms with Crippen molar-refractivity contribution in [1.82, 2.24) is 9.97 Å². The second kappa shape index (κ2) is 6.09. The number of hydrogen-bond donors (Lipinski definition) is 2. The third-order valence-corrected chi connectivity index (χ3v) is 3.85. The SMILES string of the molecule is NCCCNc1ncc(-c2ccc(Br)s2)cn1. The number of nitrogens with zero attached hydrogens (tertiary/aromatic N) is 2. The van der Waals surface area contributed by atoms with E-state index >= 15 is 0 Å². The molecule has 4 nitrogen and oxygen atoms in total. The van der Waals surface area contributed by atoms with E-state index in [1.54, 1.807) is 11.3 Å². The van der Waals surface area contributed by atoms with E-state index in [4.69, 9.17) is 5.73 Å². The molecule has 0 saturated heterocycles. The summed E-state index contributed by atoms with van der Waals surface area (Å²) in [7, 11) is 0. The molecule has 0 aliphatic carbocycles. The largest absolute Gasteiger partial charge is 0.354 e. The normalized spacial score (nSPS) is 10.5.